The second-order valence-electron chi connectivity index (χ2n) is 3.50. The highest BCUT2D eigenvalue weighted by Crippen LogP contribution is 2.12. The second kappa shape index (κ2) is 5.81. The summed E-state index contributed by atoms with van der Waals surface area (Å²) >= 11 is 0. The lowest BCUT2D eigenvalue weighted by molar-refractivity contribution is 0.0927. The zero-order valence-corrected chi connectivity index (χ0v) is 10.5. The van der Waals surface area contributed by atoms with Gasteiger partial charge < -0.3 is 16.0 Å². The normalized spacial score (nSPS) is 9.50. The van der Waals surface area contributed by atoms with Crippen molar-refractivity contribution >= 4 is 17.7 Å². The Morgan fingerprint density at radius 1 is 0.778 bits per heavy atom. The van der Waals surface area contributed by atoms with Gasteiger partial charge in [-0.25, -0.2) is 0 Å². The highest BCUT2D eigenvalue weighted by Gasteiger charge is 2.17. The molecular formula is C12H15N3O3. The Morgan fingerprint density at radius 3 is 1.78 bits per heavy atom. The van der Waals surface area contributed by atoms with Crippen molar-refractivity contribution in [2.24, 2.45) is 0 Å². The van der Waals surface area contributed by atoms with Crippen molar-refractivity contribution in [3.63, 3.8) is 0 Å². The van der Waals surface area contributed by atoms with Crippen LogP contribution in [0.5, 0.6) is 0 Å². The lowest BCUT2D eigenvalue weighted by Crippen LogP contribution is -2.27. The van der Waals surface area contributed by atoms with Crippen LogP contribution in [0, 0.1) is 0 Å². The summed E-state index contributed by atoms with van der Waals surface area (Å²) < 4.78 is 0. The summed E-state index contributed by atoms with van der Waals surface area (Å²) in [5, 5.41) is 7.33. The topological polar surface area (TPSA) is 87.3 Å². The molecule has 6 heteroatoms. The first-order valence-electron chi connectivity index (χ1n) is 5.35. The number of carbonyl (C=O) groups excluding carboxylic acids is 3. The molecule has 0 atom stereocenters. The van der Waals surface area contributed by atoms with Gasteiger partial charge in [0.15, 0.2) is 0 Å². The monoisotopic (exact) mass is 249 g/mol. The molecule has 6 nitrogen and oxygen atoms in total. The van der Waals surface area contributed by atoms with Gasteiger partial charge >= 0.3 is 0 Å². The van der Waals surface area contributed by atoms with E-state index in [1.165, 1.54) is 39.3 Å². The summed E-state index contributed by atoms with van der Waals surface area (Å²) in [6, 6.07) is 4.34. The summed E-state index contributed by atoms with van der Waals surface area (Å²) in [7, 11) is 4.43. The molecule has 0 radical (unpaired) electrons. The fourth-order valence-corrected chi connectivity index (χ4v) is 1.49. The fraction of sp³-hybridized carbons (Fsp3) is 0.250. The van der Waals surface area contributed by atoms with Crippen LogP contribution in [0.4, 0.5) is 0 Å². The fourth-order valence-electron chi connectivity index (χ4n) is 1.49. The molecule has 0 aliphatic rings. The van der Waals surface area contributed by atoms with Crippen molar-refractivity contribution in [2.75, 3.05) is 21.1 Å². The first-order chi connectivity index (χ1) is 8.54. The molecular weight excluding hydrogens is 234 g/mol. The van der Waals surface area contributed by atoms with Crippen LogP contribution >= 0.6 is 0 Å². The maximum Gasteiger partial charge on any atom is 0.251 e. The highest BCUT2D eigenvalue weighted by molar-refractivity contribution is 6.08. The largest absolute Gasteiger partial charge is 0.355 e. The number of rotatable bonds is 3. The molecule has 0 fully saturated rings. The number of hydrogen-bond acceptors (Lipinski definition) is 3. The average molecular weight is 249 g/mol. The van der Waals surface area contributed by atoms with Gasteiger partial charge in [0.25, 0.3) is 17.7 Å². The number of amides is 3. The SMILES string of the molecule is CNC(=O)c1ccc(C(=O)NC)c(C(=O)NC)c1. The summed E-state index contributed by atoms with van der Waals surface area (Å²) in [5.41, 5.74) is 0.714. The minimum Gasteiger partial charge on any atom is -0.355 e. The van der Waals surface area contributed by atoms with Crippen LogP contribution < -0.4 is 16.0 Å². The van der Waals surface area contributed by atoms with E-state index < -0.39 is 5.91 Å². The summed E-state index contributed by atoms with van der Waals surface area (Å²) in [6.45, 7) is 0. The van der Waals surface area contributed by atoms with E-state index in [0.29, 0.717) is 5.56 Å². The van der Waals surface area contributed by atoms with Crippen LogP contribution in [0.25, 0.3) is 0 Å². The van der Waals surface area contributed by atoms with Crippen LogP contribution in [-0.2, 0) is 0 Å². The molecule has 1 aromatic carbocycles. The Balaban J connectivity index is 3.33. The van der Waals surface area contributed by atoms with Gasteiger partial charge in [-0.1, -0.05) is 0 Å². The molecule has 0 aromatic heterocycles. The molecule has 0 saturated carbocycles. The Bertz CT molecular complexity index is 497. The predicted molar refractivity (Wildman–Crippen MR) is 66.6 cm³/mol. The smallest absolute Gasteiger partial charge is 0.251 e. The van der Waals surface area contributed by atoms with Gasteiger partial charge in [-0.3, -0.25) is 14.4 Å². The van der Waals surface area contributed by atoms with Crippen molar-refractivity contribution in [1.29, 1.82) is 0 Å². The maximum absolute atomic E-state index is 11.7. The zero-order valence-electron chi connectivity index (χ0n) is 10.5. The van der Waals surface area contributed by atoms with Crippen molar-refractivity contribution in [3.05, 3.63) is 34.9 Å². The van der Waals surface area contributed by atoms with Crippen LogP contribution in [0.3, 0.4) is 0 Å². The maximum atomic E-state index is 11.7. The third-order valence-electron chi connectivity index (χ3n) is 2.45. The average Bonchev–Trinajstić information content (AvgIpc) is 2.43. The standard InChI is InChI=1S/C12H15N3O3/c1-13-10(16)7-4-5-8(11(17)14-2)9(6-7)12(18)15-3/h4-6H,1-3H3,(H,13,16)(H,14,17)(H,15,18). The lowest BCUT2D eigenvalue weighted by Gasteiger charge is -2.09. The molecule has 0 aliphatic heterocycles. The van der Waals surface area contributed by atoms with Gasteiger partial charge in [0.05, 0.1) is 11.1 Å². The first-order valence-corrected chi connectivity index (χ1v) is 5.35. The van der Waals surface area contributed by atoms with Crippen molar-refractivity contribution in [3.8, 4) is 0 Å². The molecule has 3 amide bonds. The van der Waals surface area contributed by atoms with Crippen molar-refractivity contribution < 1.29 is 14.4 Å². The number of nitrogens with one attached hydrogen (secondary N) is 3. The van der Waals surface area contributed by atoms with Crippen LogP contribution in [0.15, 0.2) is 18.2 Å². The van der Waals surface area contributed by atoms with E-state index in [0.717, 1.165) is 0 Å². The van der Waals surface area contributed by atoms with Gasteiger partial charge in [-0.05, 0) is 18.2 Å². The van der Waals surface area contributed by atoms with Crippen molar-refractivity contribution in [1.82, 2.24) is 16.0 Å². The van der Waals surface area contributed by atoms with Crippen LogP contribution in [0.2, 0.25) is 0 Å². The minimum absolute atomic E-state index is 0.165. The van der Waals surface area contributed by atoms with Crippen molar-refractivity contribution in [2.45, 2.75) is 0 Å². The second-order valence-corrected chi connectivity index (χ2v) is 3.50. The van der Waals surface area contributed by atoms with Gasteiger partial charge in [-0.15, -0.1) is 0 Å². The lowest BCUT2D eigenvalue weighted by atomic mass is 10.0. The molecule has 1 rings (SSSR count). The summed E-state index contributed by atoms with van der Waals surface area (Å²) in [6.07, 6.45) is 0. The van der Waals surface area contributed by atoms with E-state index in [2.05, 4.69) is 16.0 Å². The Morgan fingerprint density at radius 2 is 1.28 bits per heavy atom. The van der Waals surface area contributed by atoms with Crippen LogP contribution in [0.1, 0.15) is 31.1 Å². The van der Waals surface area contributed by atoms with Gasteiger partial charge in [-0.2, -0.15) is 0 Å². The first kappa shape index (κ1) is 13.7. The van der Waals surface area contributed by atoms with Crippen LogP contribution in [-0.4, -0.2) is 38.9 Å². The van der Waals surface area contributed by atoms with E-state index in [4.69, 9.17) is 0 Å². The number of carbonyl (C=O) groups is 3. The van der Waals surface area contributed by atoms with E-state index in [1.54, 1.807) is 0 Å². The highest BCUT2D eigenvalue weighted by atomic mass is 16.2. The predicted octanol–water partition coefficient (Wildman–Crippen LogP) is -0.235. The van der Waals surface area contributed by atoms with Gasteiger partial charge in [0.2, 0.25) is 0 Å². The molecule has 3 N–H and O–H groups in total. The third kappa shape index (κ3) is 2.65. The number of benzene rings is 1. The van der Waals surface area contributed by atoms with E-state index in [-0.39, 0.29) is 22.9 Å². The minimum atomic E-state index is -0.417. The molecule has 0 saturated heterocycles. The molecule has 0 spiro atoms. The Labute approximate surface area is 105 Å². The Hall–Kier alpha value is -2.37. The Kier molecular flexibility index (Phi) is 4.42. The summed E-state index contributed by atoms with van der Waals surface area (Å²) in [4.78, 5) is 34.8. The number of hydrogen-bond donors (Lipinski definition) is 3. The van der Waals surface area contributed by atoms with Gasteiger partial charge in [0.1, 0.15) is 0 Å². The molecule has 0 unspecified atom stereocenters. The zero-order chi connectivity index (χ0) is 13.7. The molecule has 0 bridgehead atoms. The molecule has 18 heavy (non-hydrogen) atoms. The molecule has 1 aromatic rings. The molecule has 96 valence electrons. The quantitative estimate of drug-likeness (QED) is 0.691. The third-order valence-corrected chi connectivity index (χ3v) is 2.45. The van der Waals surface area contributed by atoms with E-state index in [9.17, 15) is 14.4 Å². The summed E-state index contributed by atoms with van der Waals surface area (Å²) in [5.74, 6) is -1.11. The van der Waals surface area contributed by atoms with E-state index in [1.807, 2.05) is 0 Å². The van der Waals surface area contributed by atoms with Gasteiger partial charge in [0, 0.05) is 26.7 Å². The van der Waals surface area contributed by atoms with E-state index >= 15 is 0 Å². The molecule has 0 heterocycles. The molecule has 0 aliphatic carbocycles.